The zero-order valence-electron chi connectivity index (χ0n) is 11.2. The number of para-hydroxylation sites is 1. The highest BCUT2D eigenvalue weighted by molar-refractivity contribution is 6.35. The fourth-order valence-corrected chi connectivity index (χ4v) is 1.87. The maximum atomic E-state index is 12.0. The Bertz CT molecular complexity index is 610. The summed E-state index contributed by atoms with van der Waals surface area (Å²) in [5, 5.41) is 1.34. The third kappa shape index (κ3) is 3.04. The lowest BCUT2D eigenvalue weighted by Gasteiger charge is -2.16. The third-order valence-electron chi connectivity index (χ3n) is 3.11. The molecule has 19 heavy (non-hydrogen) atoms. The van der Waals surface area contributed by atoms with Gasteiger partial charge in [0.05, 0.1) is 10.5 Å². The number of carbonyl (C=O) groups is 1. The first-order valence-electron chi connectivity index (χ1n) is 6.25. The third-order valence-corrected chi connectivity index (χ3v) is 3.42. The first-order valence-corrected chi connectivity index (χ1v) is 6.63. The number of fused-ring (bicyclic) bond motifs is 1. The number of esters is 1. The predicted octanol–water partition coefficient (Wildman–Crippen LogP) is 4.09. The maximum Gasteiger partial charge on any atom is 0.357 e. The molecule has 0 aliphatic rings. The molecule has 1 aromatic heterocycles. The molecule has 1 aromatic carbocycles. The number of nitrogens with zero attached hydrogens (tertiary/aromatic N) is 1. The Morgan fingerprint density at radius 2 is 1.95 bits per heavy atom. The molecule has 0 radical (unpaired) electrons. The first kappa shape index (κ1) is 13.8. The smallest absolute Gasteiger partial charge is 0.357 e. The van der Waals surface area contributed by atoms with E-state index in [1.807, 2.05) is 45.0 Å². The van der Waals surface area contributed by atoms with Gasteiger partial charge in [0.15, 0.2) is 5.69 Å². The Balaban J connectivity index is 2.33. The van der Waals surface area contributed by atoms with Gasteiger partial charge in [-0.25, -0.2) is 9.78 Å². The van der Waals surface area contributed by atoms with Gasteiger partial charge in [-0.05, 0) is 25.0 Å². The molecule has 0 aliphatic carbocycles. The Morgan fingerprint density at radius 1 is 1.26 bits per heavy atom. The van der Waals surface area contributed by atoms with Crippen molar-refractivity contribution < 1.29 is 9.53 Å². The number of hydrogen-bond acceptors (Lipinski definition) is 3. The number of ether oxygens (including phenoxy) is 1. The van der Waals surface area contributed by atoms with E-state index in [1.165, 1.54) is 0 Å². The van der Waals surface area contributed by atoms with Crippen molar-refractivity contribution in [2.45, 2.75) is 26.9 Å². The summed E-state index contributed by atoms with van der Waals surface area (Å²) in [6.45, 7) is 5.86. The van der Waals surface area contributed by atoms with Gasteiger partial charge in [-0.3, -0.25) is 0 Å². The van der Waals surface area contributed by atoms with Crippen molar-refractivity contribution in [3.63, 3.8) is 0 Å². The lowest BCUT2D eigenvalue weighted by Crippen LogP contribution is -2.20. The molecule has 0 saturated carbocycles. The fourth-order valence-electron chi connectivity index (χ4n) is 1.60. The van der Waals surface area contributed by atoms with Gasteiger partial charge in [-0.1, -0.05) is 43.6 Å². The van der Waals surface area contributed by atoms with Crippen LogP contribution in [-0.2, 0) is 4.74 Å². The van der Waals surface area contributed by atoms with Crippen LogP contribution in [0.1, 0.15) is 31.3 Å². The van der Waals surface area contributed by atoms with Crippen LogP contribution in [0.25, 0.3) is 10.9 Å². The second kappa shape index (κ2) is 5.57. The molecule has 1 atom stereocenters. The summed E-state index contributed by atoms with van der Waals surface area (Å²) in [6, 6.07) is 8.99. The van der Waals surface area contributed by atoms with Gasteiger partial charge < -0.3 is 4.74 Å². The summed E-state index contributed by atoms with van der Waals surface area (Å²) < 4.78 is 5.34. The topological polar surface area (TPSA) is 39.2 Å². The molecule has 100 valence electrons. The Kier molecular flexibility index (Phi) is 4.05. The van der Waals surface area contributed by atoms with Crippen LogP contribution < -0.4 is 0 Å². The number of pyridine rings is 1. The van der Waals surface area contributed by atoms with Crippen molar-refractivity contribution in [2.75, 3.05) is 0 Å². The maximum absolute atomic E-state index is 12.0. The fraction of sp³-hybridized carbons (Fsp3) is 0.333. The predicted molar refractivity (Wildman–Crippen MR) is 76.5 cm³/mol. The van der Waals surface area contributed by atoms with Gasteiger partial charge in [0.2, 0.25) is 0 Å². The quantitative estimate of drug-likeness (QED) is 0.793. The van der Waals surface area contributed by atoms with E-state index in [0.717, 1.165) is 5.39 Å². The van der Waals surface area contributed by atoms with Crippen LogP contribution in [-0.4, -0.2) is 17.1 Å². The van der Waals surface area contributed by atoms with E-state index >= 15 is 0 Å². The van der Waals surface area contributed by atoms with E-state index < -0.39 is 5.97 Å². The molecule has 0 aliphatic heterocycles. The van der Waals surface area contributed by atoms with Gasteiger partial charge in [-0.15, -0.1) is 0 Å². The Labute approximate surface area is 117 Å². The van der Waals surface area contributed by atoms with Gasteiger partial charge in [0.1, 0.15) is 6.10 Å². The summed E-state index contributed by atoms with van der Waals surface area (Å²) in [5.74, 6) is -0.172. The molecule has 3 nitrogen and oxygen atoms in total. The van der Waals surface area contributed by atoms with Crippen LogP contribution in [0.15, 0.2) is 30.3 Å². The van der Waals surface area contributed by atoms with Gasteiger partial charge in [0, 0.05) is 5.39 Å². The summed E-state index contributed by atoms with van der Waals surface area (Å²) in [6.07, 6.45) is -0.153. The molecular formula is C15H16ClNO2. The summed E-state index contributed by atoms with van der Waals surface area (Å²) >= 11 is 6.16. The number of hydrogen-bond donors (Lipinski definition) is 0. The monoisotopic (exact) mass is 277 g/mol. The van der Waals surface area contributed by atoms with Crippen molar-refractivity contribution >= 4 is 28.5 Å². The molecule has 4 heteroatoms. The Morgan fingerprint density at radius 3 is 2.63 bits per heavy atom. The molecule has 0 N–H and O–H groups in total. The average molecular weight is 278 g/mol. The molecule has 0 spiro atoms. The van der Waals surface area contributed by atoms with Crippen LogP contribution >= 0.6 is 11.6 Å². The van der Waals surface area contributed by atoms with Crippen molar-refractivity contribution in [3.05, 3.63) is 41.0 Å². The molecule has 0 amide bonds. The molecular weight excluding hydrogens is 262 g/mol. The number of aromatic nitrogens is 1. The number of halogens is 1. The summed E-state index contributed by atoms with van der Waals surface area (Å²) in [7, 11) is 0. The van der Waals surface area contributed by atoms with Crippen LogP contribution in [0.3, 0.4) is 0 Å². The minimum Gasteiger partial charge on any atom is -0.458 e. The van der Waals surface area contributed by atoms with E-state index in [1.54, 1.807) is 6.07 Å². The van der Waals surface area contributed by atoms with Crippen molar-refractivity contribution in [1.82, 2.24) is 4.98 Å². The number of benzene rings is 1. The van der Waals surface area contributed by atoms with E-state index in [-0.39, 0.29) is 17.7 Å². The lowest BCUT2D eigenvalue weighted by atomic mass is 10.1. The molecule has 1 unspecified atom stereocenters. The molecule has 0 fully saturated rings. The molecule has 2 aromatic rings. The Hall–Kier alpha value is -1.61. The molecule has 0 bridgehead atoms. The largest absolute Gasteiger partial charge is 0.458 e. The van der Waals surface area contributed by atoms with Crippen LogP contribution in [0.5, 0.6) is 0 Å². The second-order valence-electron chi connectivity index (χ2n) is 4.86. The zero-order chi connectivity index (χ0) is 14.0. The van der Waals surface area contributed by atoms with Gasteiger partial charge in [0.25, 0.3) is 0 Å². The van der Waals surface area contributed by atoms with E-state index in [4.69, 9.17) is 16.3 Å². The first-order chi connectivity index (χ1) is 8.99. The van der Waals surface area contributed by atoms with Crippen LogP contribution in [0, 0.1) is 5.92 Å². The van der Waals surface area contributed by atoms with Crippen molar-refractivity contribution in [1.29, 1.82) is 0 Å². The van der Waals surface area contributed by atoms with Gasteiger partial charge >= 0.3 is 5.97 Å². The summed E-state index contributed by atoms with van der Waals surface area (Å²) in [5.41, 5.74) is 0.940. The van der Waals surface area contributed by atoms with Crippen molar-refractivity contribution in [2.24, 2.45) is 5.92 Å². The van der Waals surface area contributed by atoms with Crippen LogP contribution in [0.4, 0.5) is 0 Å². The number of carbonyl (C=O) groups excluding carboxylic acids is 1. The second-order valence-corrected chi connectivity index (χ2v) is 5.27. The lowest BCUT2D eigenvalue weighted by molar-refractivity contribution is 0.0231. The zero-order valence-corrected chi connectivity index (χ0v) is 11.9. The average Bonchev–Trinajstić information content (AvgIpc) is 2.38. The highest BCUT2D eigenvalue weighted by Gasteiger charge is 2.17. The minimum absolute atomic E-state index is 0.153. The normalized spacial score (nSPS) is 12.7. The van der Waals surface area contributed by atoms with Gasteiger partial charge in [-0.2, -0.15) is 0 Å². The number of rotatable bonds is 3. The molecule has 1 heterocycles. The van der Waals surface area contributed by atoms with E-state index in [2.05, 4.69) is 4.98 Å². The van der Waals surface area contributed by atoms with E-state index in [9.17, 15) is 4.79 Å². The SMILES string of the molecule is CC(C)C(C)OC(=O)c1cc(Cl)c2ccccc2n1. The highest BCUT2D eigenvalue weighted by atomic mass is 35.5. The molecule has 0 saturated heterocycles. The van der Waals surface area contributed by atoms with Crippen LogP contribution in [0.2, 0.25) is 5.02 Å². The molecule has 2 rings (SSSR count). The summed E-state index contributed by atoms with van der Waals surface area (Å²) in [4.78, 5) is 16.3. The minimum atomic E-state index is -0.436. The van der Waals surface area contributed by atoms with E-state index in [0.29, 0.717) is 10.5 Å². The van der Waals surface area contributed by atoms with Crippen molar-refractivity contribution in [3.8, 4) is 0 Å². The highest BCUT2D eigenvalue weighted by Crippen LogP contribution is 2.23. The standard InChI is InChI=1S/C15H16ClNO2/c1-9(2)10(3)19-15(18)14-8-12(16)11-6-4-5-7-13(11)17-14/h4-10H,1-3H3.